The average Bonchev–Trinajstić information content (AvgIpc) is 3.15. The molecule has 9 heteroatoms. The second-order valence-electron chi connectivity index (χ2n) is 7.60. The second-order valence-corrected chi connectivity index (χ2v) is 7.60. The molecular formula is C24H22N4O5. The van der Waals surface area contributed by atoms with E-state index < -0.39 is 24.0 Å². The minimum Gasteiger partial charge on any atom is -0.480 e. The van der Waals surface area contributed by atoms with Crippen LogP contribution in [0, 0.1) is 0 Å². The zero-order chi connectivity index (χ0) is 23.4. The molecule has 1 heterocycles. The molecular weight excluding hydrogens is 424 g/mol. The van der Waals surface area contributed by atoms with Crippen LogP contribution in [-0.2, 0) is 16.1 Å². The van der Waals surface area contributed by atoms with E-state index in [1.54, 1.807) is 0 Å². The third-order valence-electron chi connectivity index (χ3n) is 5.42. The molecule has 1 aromatic heterocycles. The number of carboxylic acids is 1. The summed E-state index contributed by atoms with van der Waals surface area (Å²) in [6.07, 6.45) is 1.94. The number of nitrogens with one attached hydrogen (secondary N) is 2. The first-order valence-corrected chi connectivity index (χ1v) is 10.4. The number of hydrogen-bond donors (Lipinski definition) is 3. The van der Waals surface area contributed by atoms with Gasteiger partial charge in [0.05, 0.1) is 12.1 Å². The van der Waals surface area contributed by atoms with E-state index in [1.807, 2.05) is 36.4 Å². The number of ether oxygens (including phenoxy) is 1. The Kier molecular flexibility index (Phi) is 6.30. The molecule has 0 bridgehead atoms. The fraction of sp³-hybridized carbons (Fsp3) is 0.208. The molecule has 0 radical (unpaired) electrons. The Bertz CT molecular complexity index is 1150. The molecule has 0 spiro atoms. The first-order valence-electron chi connectivity index (χ1n) is 10.4. The number of nitrogens with zero attached hydrogens (tertiary/aromatic N) is 2. The summed E-state index contributed by atoms with van der Waals surface area (Å²) < 4.78 is 5.46. The normalized spacial score (nSPS) is 12.9. The van der Waals surface area contributed by atoms with Crippen LogP contribution in [0.3, 0.4) is 0 Å². The number of rotatable bonds is 7. The van der Waals surface area contributed by atoms with Crippen molar-refractivity contribution in [3.8, 4) is 11.1 Å². The van der Waals surface area contributed by atoms with Crippen molar-refractivity contribution in [1.82, 2.24) is 20.6 Å². The van der Waals surface area contributed by atoms with Crippen molar-refractivity contribution in [2.75, 3.05) is 6.61 Å². The van der Waals surface area contributed by atoms with Gasteiger partial charge in [0.15, 0.2) is 0 Å². The summed E-state index contributed by atoms with van der Waals surface area (Å²) in [7, 11) is 0. The molecule has 0 unspecified atom stereocenters. The molecule has 1 atom stereocenters. The maximum absolute atomic E-state index is 12.2. The molecule has 2 aromatic carbocycles. The van der Waals surface area contributed by atoms with Gasteiger partial charge < -0.3 is 20.5 Å². The highest BCUT2D eigenvalue weighted by atomic mass is 16.5. The first kappa shape index (κ1) is 21.9. The molecule has 0 fully saturated rings. The summed E-state index contributed by atoms with van der Waals surface area (Å²) in [6.45, 7) is 1.57. The Hall–Kier alpha value is -4.27. The lowest BCUT2D eigenvalue weighted by Gasteiger charge is -2.14. The Morgan fingerprint density at radius 2 is 1.58 bits per heavy atom. The minimum absolute atomic E-state index is 0.0180. The standard InChI is InChI=1S/C24H22N4O5/c1-14(23(30)31)28-22(29)15-10-25-21(26-11-15)12-27-24(32)33-13-20-18-8-4-2-6-16(18)17-7-3-5-9-19(17)20/h2-11,14,20H,12-13H2,1H3,(H,27,32)(H,28,29)(H,30,31)/t14-/m0/s1. The first-order chi connectivity index (χ1) is 15.9. The fourth-order valence-electron chi connectivity index (χ4n) is 3.71. The largest absolute Gasteiger partial charge is 0.480 e. The molecule has 0 saturated carbocycles. The lowest BCUT2D eigenvalue weighted by Crippen LogP contribution is -2.38. The highest BCUT2D eigenvalue weighted by Gasteiger charge is 2.29. The van der Waals surface area contributed by atoms with Crippen LogP contribution in [0.5, 0.6) is 0 Å². The maximum atomic E-state index is 12.2. The van der Waals surface area contributed by atoms with Crippen molar-refractivity contribution < 1.29 is 24.2 Å². The number of aliphatic carboxylic acids is 1. The van der Waals surface area contributed by atoms with Crippen LogP contribution in [0.1, 0.15) is 40.2 Å². The predicted octanol–water partition coefficient (Wildman–Crippen LogP) is 2.72. The number of aromatic nitrogens is 2. The highest BCUT2D eigenvalue weighted by molar-refractivity contribution is 5.95. The Morgan fingerprint density at radius 3 is 2.15 bits per heavy atom. The molecule has 0 saturated heterocycles. The number of carboxylic acid groups (broad SMARTS) is 1. The van der Waals surface area contributed by atoms with Crippen LogP contribution in [0.15, 0.2) is 60.9 Å². The van der Waals surface area contributed by atoms with Gasteiger partial charge in [-0.3, -0.25) is 9.59 Å². The van der Waals surface area contributed by atoms with Crippen LogP contribution < -0.4 is 10.6 Å². The molecule has 2 amide bonds. The van der Waals surface area contributed by atoms with Gasteiger partial charge in [-0.15, -0.1) is 0 Å². The highest BCUT2D eigenvalue weighted by Crippen LogP contribution is 2.44. The number of carbonyl (C=O) groups excluding carboxylic acids is 2. The van der Waals surface area contributed by atoms with Crippen molar-refractivity contribution in [1.29, 1.82) is 0 Å². The van der Waals surface area contributed by atoms with E-state index in [0.717, 1.165) is 22.3 Å². The summed E-state index contributed by atoms with van der Waals surface area (Å²) in [5.74, 6) is -1.49. The Morgan fingerprint density at radius 1 is 1.00 bits per heavy atom. The molecule has 9 nitrogen and oxygen atoms in total. The van der Waals surface area contributed by atoms with E-state index >= 15 is 0 Å². The molecule has 0 aliphatic heterocycles. The molecule has 3 N–H and O–H groups in total. The SMILES string of the molecule is C[C@H](NC(=O)c1cnc(CNC(=O)OCC2c3ccccc3-c3ccccc32)nc1)C(=O)O. The van der Waals surface area contributed by atoms with Gasteiger partial charge in [-0.05, 0) is 29.2 Å². The zero-order valence-electron chi connectivity index (χ0n) is 17.8. The average molecular weight is 446 g/mol. The number of alkyl carbamates (subject to hydrolysis) is 1. The van der Waals surface area contributed by atoms with Crippen LogP contribution in [0.2, 0.25) is 0 Å². The van der Waals surface area contributed by atoms with Gasteiger partial charge in [-0.25, -0.2) is 14.8 Å². The molecule has 1 aliphatic rings. The van der Waals surface area contributed by atoms with Gasteiger partial charge >= 0.3 is 12.1 Å². The zero-order valence-corrected chi connectivity index (χ0v) is 17.8. The molecule has 1 aliphatic carbocycles. The van der Waals surface area contributed by atoms with Crippen molar-refractivity contribution in [2.45, 2.75) is 25.4 Å². The third kappa shape index (κ3) is 4.82. The van der Waals surface area contributed by atoms with Gasteiger partial charge in [0, 0.05) is 18.3 Å². The number of hydrogen-bond acceptors (Lipinski definition) is 6. The van der Waals surface area contributed by atoms with E-state index in [4.69, 9.17) is 9.84 Å². The molecule has 33 heavy (non-hydrogen) atoms. The summed E-state index contributed by atoms with van der Waals surface area (Å²) in [4.78, 5) is 43.1. The smallest absolute Gasteiger partial charge is 0.407 e. The topological polar surface area (TPSA) is 131 Å². The number of benzene rings is 2. The van der Waals surface area contributed by atoms with Crippen LogP contribution in [-0.4, -0.2) is 45.7 Å². The predicted molar refractivity (Wildman–Crippen MR) is 119 cm³/mol. The van der Waals surface area contributed by atoms with E-state index in [-0.39, 0.29) is 30.5 Å². The quantitative estimate of drug-likeness (QED) is 0.509. The molecule has 4 rings (SSSR count). The lowest BCUT2D eigenvalue weighted by molar-refractivity contribution is -0.138. The Labute approximate surface area is 189 Å². The van der Waals surface area contributed by atoms with E-state index in [2.05, 4.69) is 32.7 Å². The second kappa shape index (κ2) is 9.47. The van der Waals surface area contributed by atoms with Crippen molar-refractivity contribution in [2.24, 2.45) is 0 Å². The summed E-state index contributed by atoms with van der Waals surface area (Å²) in [5, 5.41) is 13.8. The number of amides is 2. The van der Waals surface area contributed by atoms with Crippen molar-refractivity contribution >= 4 is 18.0 Å². The van der Waals surface area contributed by atoms with Crippen molar-refractivity contribution in [3.05, 3.63) is 83.4 Å². The Balaban J connectivity index is 1.31. The van der Waals surface area contributed by atoms with Crippen LogP contribution >= 0.6 is 0 Å². The van der Waals surface area contributed by atoms with Gasteiger partial charge in [0.1, 0.15) is 18.5 Å². The van der Waals surface area contributed by atoms with E-state index in [0.29, 0.717) is 0 Å². The van der Waals surface area contributed by atoms with Gasteiger partial charge in [-0.2, -0.15) is 0 Å². The monoisotopic (exact) mass is 446 g/mol. The molecule has 168 valence electrons. The maximum Gasteiger partial charge on any atom is 0.407 e. The third-order valence-corrected chi connectivity index (χ3v) is 5.42. The lowest BCUT2D eigenvalue weighted by atomic mass is 9.98. The van der Waals surface area contributed by atoms with E-state index in [1.165, 1.54) is 19.3 Å². The fourth-order valence-corrected chi connectivity index (χ4v) is 3.71. The van der Waals surface area contributed by atoms with Crippen LogP contribution in [0.25, 0.3) is 11.1 Å². The molecule has 3 aromatic rings. The minimum atomic E-state index is -1.15. The van der Waals surface area contributed by atoms with Crippen LogP contribution in [0.4, 0.5) is 4.79 Å². The van der Waals surface area contributed by atoms with Crippen molar-refractivity contribution in [3.63, 3.8) is 0 Å². The summed E-state index contributed by atoms with van der Waals surface area (Å²) >= 11 is 0. The van der Waals surface area contributed by atoms with E-state index in [9.17, 15) is 14.4 Å². The summed E-state index contributed by atoms with van der Waals surface area (Å²) in [5.41, 5.74) is 4.67. The number of carbonyl (C=O) groups is 3. The van der Waals surface area contributed by atoms with Gasteiger partial charge in [0.2, 0.25) is 0 Å². The van der Waals surface area contributed by atoms with Gasteiger partial charge in [0.25, 0.3) is 5.91 Å². The number of fused-ring (bicyclic) bond motifs is 3. The summed E-state index contributed by atoms with van der Waals surface area (Å²) in [6, 6.07) is 15.1. The van der Waals surface area contributed by atoms with Gasteiger partial charge in [-0.1, -0.05) is 48.5 Å².